The van der Waals surface area contributed by atoms with Crippen molar-refractivity contribution in [1.82, 2.24) is 5.32 Å². The number of carbonyl (C=O) groups excluding carboxylic acids is 2. The molecule has 0 aliphatic heterocycles. The van der Waals surface area contributed by atoms with Crippen LogP contribution in [0.15, 0.2) is 18.2 Å². The van der Waals surface area contributed by atoms with E-state index in [1.165, 1.54) is 12.5 Å². The van der Waals surface area contributed by atoms with Gasteiger partial charge in [-0.05, 0) is 30.9 Å². The van der Waals surface area contributed by atoms with E-state index < -0.39 is 5.97 Å². The Hall–Kier alpha value is -1.26. The highest BCUT2D eigenvalue weighted by Crippen LogP contribution is 2.26. The van der Waals surface area contributed by atoms with E-state index in [4.69, 9.17) is 27.9 Å². The fraction of sp³-hybridized carbons (Fsp3) is 0.500. The molecule has 22 heavy (non-hydrogen) atoms. The third-order valence-electron chi connectivity index (χ3n) is 3.96. The van der Waals surface area contributed by atoms with Crippen LogP contribution in [-0.2, 0) is 9.53 Å². The third-order valence-corrected chi connectivity index (χ3v) is 4.78. The average molecular weight is 344 g/mol. The highest BCUT2D eigenvalue weighted by molar-refractivity contribution is 6.43. The van der Waals surface area contributed by atoms with Crippen LogP contribution in [0.1, 0.15) is 43.0 Å². The van der Waals surface area contributed by atoms with E-state index in [0.29, 0.717) is 5.92 Å². The maximum atomic E-state index is 11.9. The van der Waals surface area contributed by atoms with Crippen LogP contribution >= 0.6 is 23.2 Å². The molecule has 1 amide bonds. The van der Waals surface area contributed by atoms with E-state index in [1.807, 2.05) is 0 Å². The van der Waals surface area contributed by atoms with Crippen LogP contribution in [0, 0.1) is 5.92 Å². The van der Waals surface area contributed by atoms with Crippen molar-refractivity contribution in [2.75, 3.05) is 6.61 Å². The maximum absolute atomic E-state index is 11.9. The number of benzene rings is 1. The second-order valence-corrected chi connectivity index (χ2v) is 6.40. The zero-order valence-electron chi connectivity index (χ0n) is 12.4. The lowest BCUT2D eigenvalue weighted by molar-refractivity contribution is -0.125. The summed E-state index contributed by atoms with van der Waals surface area (Å²) in [6.45, 7) is 1.81. The number of esters is 1. The Balaban J connectivity index is 1.85. The fourth-order valence-electron chi connectivity index (χ4n) is 2.65. The van der Waals surface area contributed by atoms with Crippen molar-refractivity contribution >= 4 is 35.1 Å². The minimum absolute atomic E-state index is 0.135. The Labute approximate surface area is 140 Å². The Morgan fingerprint density at radius 2 is 2.00 bits per heavy atom. The van der Waals surface area contributed by atoms with Gasteiger partial charge >= 0.3 is 5.97 Å². The summed E-state index contributed by atoms with van der Waals surface area (Å²) in [7, 11) is 0. The molecule has 0 unspecified atom stereocenters. The van der Waals surface area contributed by atoms with Crippen LogP contribution in [0.2, 0.25) is 10.0 Å². The van der Waals surface area contributed by atoms with Gasteiger partial charge in [0.05, 0.1) is 15.6 Å². The van der Waals surface area contributed by atoms with Gasteiger partial charge in [0.25, 0.3) is 5.91 Å². The molecule has 0 bridgehead atoms. The first-order valence-corrected chi connectivity index (χ1v) is 8.15. The summed E-state index contributed by atoms with van der Waals surface area (Å²) < 4.78 is 5.01. The smallest absolute Gasteiger partial charge is 0.340 e. The molecule has 0 spiro atoms. The highest BCUT2D eigenvalue weighted by atomic mass is 35.5. The largest absolute Gasteiger partial charge is 0.452 e. The van der Waals surface area contributed by atoms with Crippen molar-refractivity contribution in [3.8, 4) is 0 Å². The molecule has 4 nitrogen and oxygen atoms in total. The summed E-state index contributed by atoms with van der Waals surface area (Å²) in [5.41, 5.74) is 0.160. The van der Waals surface area contributed by atoms with Gasteiger partial charge in [-0.15, -0.1) is 0 Å². The molecule has 0 radical (unpaired) electrons. The molecule has 0 heterocycles. The first kappa shape index (κ1) is 17.1. The Bertz CT molecular complexity index is 562. The molecule has 1 saturated carbocycles. The maximum Gasteiger partial charge on any atom is 0.340 e. The summed E-state index contributed by atoms with van der Waals surface area (Å²) >= 11 is 11.8. The Morgan fingerprint density at radius 3 is 2.73 bits per heavy atom. The van der Waals surface area contributed by atoms with E-state index in [1.54, 1.807) is 12.1 Å². The van der Waals surface area contributed by atoms with Crippen LogP contribution < -0.4 is 5.32 Å². The topological polar surface area (TPSA) is 55.4 Å². The quantitative estimate of drug-likeness (QED) is 0.845. The van der Waals surface area contributed by atoms with E-state index in [0.717, 1.165) is 19.3 Å². The van der Waals surface area contributed by atoms with Gasteiger partial charge in [-0.1, -0.05) is 49.0 Å². The van der Waals surface area contributed by atoms with Crippen molar-refractivity contribution in [3.05, 3.63) is 33.8 Å². The number of rotatable bonds is 4. The second kappa shape index (κ2) is 7.84. The number of hydrogen-bond acceptors (Lipinski definition) is 3. The second-order valence-electron chi connectivity index (χ2n) is 5.61. The predicted molar refractivity (Wildman–Crippen MR) is 86.3 cm³/mol. The van der Waals surface area contributed by atoms with Crippen LogP contribution in [-0.4, -0.2) is 24.5 Å². The minimum Gasteiger partial charge on any atom is -0.452 e. The highest BCUT2D eigenvalue weighted by Gasteiger charge is 2.23. The van der Waals surface area contributed by atoms with Crippen molar-refractivity contribution < 1.29 is 14.3 Å². The molecule has 6 heteroatoms. The molecule has 1 N–H and O–H groups in total. The summed E-state index contributed by atoms with van der Waals surface area (Å²) in [5.74, 6) is -0.486. The first-order chi connectivity index (χ1) is 10.5. The summed E-state index contributed by atoms with van der Waals surface area (Å²) in [6, 6.07) is 4.86. The number of ether oxygens (including phenoxy) is 1. The van der Waals surface area contributed by atoms with Gasteiger partial charge in [0, 0.05) is 6.04 Å². The lowest BCUT2D eigenvalue weighted by atomic mass is 9.86. The molecule has 2 atom stereocenters. The number of carbonyl (C=O) groups is 2. The Morgan fingerprint density at radius 1 is 1.27 bits per heavy atom. The lowest BCUT2D eigenvalue weighted by Crippen LogP contribution is -2.42. The molecule has 0 saturated heterocycles. The van der Waals surface area contributed by atoms with Gasteiger partial charge in [0.2, 0.25) is 0 Å². The molecule has 1 fully saturated rings. The molecular formula is C16H19Cl2NO3. The van der Waals surface area contributed by atoms with E-state index in [-0.39, 0.29) is 34.2 Å². The molecule has 0 aromatic heterocycles. The molecule has 1 aromatic carbocycles. The van der Waals surface area contributed by atoms with Gasteiger partial charge in [-0.3, -0.25) is 4.79 Å². The normalized spacial score (nSPS) is 21.2. The SMILES string of the molecule is C[C@@H]1CCCC[C@@H]1NC(=O)COC(=O)c1cccc(Cl)c1Cl. The molecule has 1 aromatic rings. The monoisotopic (exact) mass is 343 g/mol. The van der Waals surface area contributed by atoms with E-state index in [2.05, 4.69) is 12.2 Å². The number of nitrogens with one attached hydrogen (secondary N) is 1. The van der Waals surface area contributed by atoms with Crippen LogP contribution in [0.25, 0.3) is 0 Å². The lowest BCUT2D eigenvalue weighted by Gasteiger charge is -2.29. The zero-order chi connectivity index (χ0) is 16.1. The number of halogens is 2. The minimum atomic E-state index is -0.653. The summed E-state index contributed by atoms with van der Waals surface area (Å²) in [6.07, 6.45) is 4.41. The first-order valence-electron chi connectivity index (χ1n) is 7.39. The van der Waals surface area contributed by atoms with Crippen LogP contribution in [0.3, 0.4) is 0 Å². The van der Waals surface area contributed by atoms with Crippen molar-refractivity contribution in [2.24, 2.45) is 5.92 Å². The zero-order valence-corrected chi connectivity index (χ0v) is 13.9. The summed E-state index contributed by atoms with van der Waals surface area (Å²) in [4.78, 5) is 23.8. The fourth-order valence-corrected chi connectivity index (χ4v) is 3.03. The number of hydrogen-bond donors (Lipinski definition) is 1. The molecule has 1 aliphatic carbocycles. The van der Waals surface area contributed by atoms with Gasteiger partial charge in [-0.25, -0.2) is 4.79 Å². The van der Waals surface area contributed by atoms with Crippen molar-refractivity contribution in [2.45, 2.75) is 38.6 Å². The molecule has 120 valence electrons. The van der Waals surface area contributed by atoms with Crippen molar-refractivity contribution in [3.63, 3.8) is 0 Å². The third kappa shape index (κ3) is 4.37. The van der Waals surface area contributed by atoms with Gasteiger partial charge in [-0.2, -0.15) is 0 Å². The van der Waals surface area contributed by atoms with Crippen molar-refractivity contribution in [1.29, 1.82) is 0 Å². The molecular weight excluding hydrogens is 325 g/mol. The molecule has 1 aliphatic rings. The standard InChI is InChI=1S/C16H19Cl2NO3/c1-10-5-2-3-8-13(10)19-14(20)9-22-16(21)11-6-4-7-12(17)15(11)18/h4,6-7,10,13H,2-3,5,8-9H2,1H3,(H,19,20)/t10-,13+/m1/s1. The summed E-state index contributed by atoms with van der Waals surface area (Å²) in [5, 5.41) is 3.34. The molecule has 2 rings (SSSR count). The number of amides is 1. The van der Waals surface area contributed by atoms with Gasteiger partial charge < -0.3 is 10.1 Å². The van der Waals surface area contributed by atoms with E-state index >= 15 is 0 Å². The average Bonchev–Trinajstić information content (AvgIpc) is 2.50. The van der Waals surface area contributed by atoms with Crippen LogP contribution in [0.5, 0.6) is 0 Å². The van der Waals surface area contributed by atoms with E-state index in [9.17, 15) is 9.59 Å². The Kier molecular flexibility index (Phi) is 6.09. The van der Waals surface area contributed by atoms with Crippen LogP contribution in [0.4, 0.5) is 0 Å². The predicted octanol–water partition coefficient (Wildman–Crippen LogP) is 3.85. The van der Waals surface area contributed by atoms with Gasteiger partial charge in [0.15, 0.2) is 6.61 Å². The van der Waals surface area contributed by atoms with Gasteiger partial charge in [0.1, 0.15) is 0 Å².